The first-order chi connectivity index (χ1) is 6.68. The summed E-state index contributed by atoms with van der Waals surface area (Å²) in [6.07, 6.45) is 2.47. The van der Waals surface area contributed by atoms with E-state index in [0.717, 1.165) is 0 Å². The molecule has 0 fully saturated rings. The predicted molar refractivity (Wildman–Crippen MR) is 61.2 cm³/mol. The van der Waals surface area contributed by atoms with Gasteiger partial charge in [0.1, 0.15) is 0 Å². The summed E-state index contributed by atoms with van der Waals surface area (Å²) in [6, 6.07) is 0. The van der Waals surface area contributed by atoms with Gasteiger partial charge >= 0.3 is 97.6 Å². The molecule has 86 valence electrons. The van der Waals surface area contributed by atoms with Gasteiger partial charge in [0.25, 0.3) is 0 Å². The van der Waals surface area contributed by atoms with Gasteiger partial charge in [-0.25, -0.2) is 0 Å². The molecule has 0 aromatic carbocycles. The molecule has 0 amide bonds. The minimum absolute atomic E-state index is 0.181. The minimum atomic E-state index is -2.70. The Bertz CT molecular complexity index is 165. The van der Waals surface area contributed by atoms with Crippen LogP contribution in [0.1, 0.15) is 33.6 Å². The van der Waals surface area contributed by atoms with Crippen LogP contribution in [0.25, 0.3) is 0 Å². The van der Waals surface area contributed by atoms with Crippen molar-refractivity contribution in [1.82, 2.24) is 0 Å². The standard InChI is InChI=1S/C9H21O3PTe/c1-4-7-8-14-9-13(10,11-5-2)12-6-3/h4-9H2,1-3H3. The molecule has 0 radical (unpaired) electrons. The Labute approximate surface area is 97.6 Å². The third-order valence-electron chi connectivity index (χ3n) is 1.54. The average Bonchev–Trinajstić information content (AvgIpc) is 2.13. The molecule has 0 unspecified atom stereocenters. The van der Waals surface area contributed by atoms with E-state index in [1.807, 2.05) is 13.8 Å². The molecule has 0 saturated heterocycles. The summed E-state index contributed by atoms with van der Waals surface area (Å²) in [7, 11) is -2.70. The van der Waals surface area contributed by atoms with Gasteiger partial charge in [0.2, 0.25) is 0 Å². The summed E-state index contributed by atoms with van der Waals surface area (Å²) in [5, 5.41) is 0. The summed E-state index contributed by atoms with van der Waals surface area (Å²) in [5.41, 5.74) is 0. The molecule has 3 nitrogen and oxygen atoms in total. The fraction of sp³-hybridized carbons (Fsp3) is 1.00. The van der Waals surface area contributed by atoms with Gasteiger partial charge in [-0.15, -0.1) is 0 Å². The third kappa shape index (κ3) is 7.26. The van der Waals surface area contributed by atoms with Crippen LogP contribution in [-0.2, 0) is 13.6 Å². The SMILES string of the molecule is CCCC[Te]CP(=O)(OCC)OCC. The molecule has 0 N–H and O–H groups in total. The van der Waals surface area contributed by atoms with E-state index in [1.54, 1.807) is 0 Å². The zero-order chi connectivity index (χ0) is 10.9. The Morgan fingerprint density at radius 3 is 2.14 bits per heavy atom. The fourth-order valence-corrected chi connectivity index (χ4v) is 7.99. The monoisotopic (exact) mass is 338 g/mol. The molecule has 0 aliphatic heterocycles. The number of unbranched alkanes of at least 4 members (excludes halogenated alkanes) is 1. The second kappa shape index (κ2) is 9.19. The van der Waals surface area contributed by atoms with Crippen molar-refractivity contribution < 1.29 is 13.6 Å². The molecule has 0 aliphatic rings. The van der Waals surface area contributed by atoms with Crippen molar-refractivity contribution in [2.45, 2.75) is 38.1 Å². The molecule has 0 atom stereocenters. The first-order valence-electron chi connectivity index (χ1n) is 5.14. The van der Waals surface area contributed by atoms with Gasteiger partial charge in [0.05, 0.1) is 0 Å². The second-order valence-electron chi connectivity index (χ2n) is 2.84. The topological polar surface area (TPSA) is 35.5 Å². The number of rotatable bonds is 9. The van der Waals surface area contributed by atoms with Crippen molar-refractivity contribution in [3.8, 4) is 0 Å². The first-order valence-corrected chi connectivity index (χ1v) is 10.2. The second-order valence-corrected chi connectivity index (χ2v) is 9.37. The van der Waals surface area contributed by atoms with Crippen LogP contribution < -0.4 is 0 Å². The Kier molecular flexibility index (Phi) is 9.80. The normalized spacial score (nSPS) is 11.9. The molecule has 0 aromatic rings. The van der Waals surface area contributed by atoms with Crippen LogP contribution in [0.5, 0.6) is 0 Å². The van der Waals surface area contributed by atoms with Crippen molar-refractivity contribution >= 4 is 28.5 Å². The molecule has 5 heteroatoms. The van der Waals surface area contributed by atoms with Gasteiger partial charge < -0.3 is 0 Å². The summed E-state index contributed by atoms with van der Waals surface area (Å²) < 4.78 is 24.3. The fourth-order valence-electron chi connectivity index (χ4n) is 0.928. The maximum absolute atomic E-state index is 12.0. The van der Waals surface area contributed by atoms with E-state index in [0.29, 0.717) is 17.4 Å². The Balaban J connectivity index is 3.78. The average molecular weight is 336 g/mol. The van der Waals surface area contributed by atoms with Crippen LogP contribution >= 0.6 is 7.60 Å². The Hall–Kier alpha value is 0.940. The molecular formula is C9H21O3PTe. The summed E-state index contributed by atoms with van der Waals surface area (Å²) in [5.74, 6) is 0. The van der Waals surface area contributed by atoms with Gasteiger partial charge in [-0.3, -0.25) is 0 Å². The van der Waals surface area contributed by atoms with E-state index < -0.39 is 7.60 Å². The maximum atomic E-state index is 12.0. The molecule has 0 bridgehead atoms. The molecule has 0 heterocycles. The molecule has 0 spiro atoms. The van der Waals surface area contributed by atoms with Gasteiger partial charge in [0.15, 0.2) is 0 Å². The Morgan fingerprint density at radius 2 is 1.71 bits per heavy atom. The van der Waals surface area contributed by atoms with Gasteiger partial charge in [-0.2, -0.15) is 0 Å². The van der Waals surface area contributed by atoms with Crippen molar-refractivity contribution in [2.75, 3.05) is 17.4 Å². The van der Waals surface area contributed by atoms with Crippen molar-refractivity contribution in [3.63, 3.8) is 0 Å². The van der Waals surface area contributed by atoms with Gasteiger partial charge in [-0.05, 0) is 0 Å². The number of hydrogen-bond acceptors (Lipinski definition) is 3. The zero-order valence-corrected chi connectivity index (χ0v) is 12.5. The zero-order valence-electron chi connectivity index (χ0n) is 9.32. The van der Waals surface area contributed by atoms with Crippen LogP contribution in [0, 0.1) is 0 Å². The van der Waals surface area contributed by atoms with E-state index in [4.69, 9.17) is 9.05 Å². The van der Waals surface area contributed by atoms with Crippen LogP contribution in [-0.4, -0.2) is 38.3 Å². The molecular weight excluding hydrogens is 315 g/mol. The molecule has 0 aliphatic carbocycles. The summed E-state index contributed by atoms with van der Waals surface area (Å²) in [4.78, 5) is 0. The van der Waals surface area contributed by atoms with E-state index >= 15 is 0 Å². The van der Waals surface area contributed by atoms with Gasteiger partial charge in [0, 0.05) is 0 Å². The van der Waals surface area contributed by atoms with Crippen LogP contribution in [0.3, 0.4) is 0 Å². The van der Waals surface area contributed by atoms with E-state index in [9.17, 15) is 4.57 Å². The predicted octanol–water partition coefficient (Wildman–Crippen LogP) is 3.13. The quantitative estimate of drug-likeness (QED) is 0.369. The van der Waals surface area contributed by atoms with Crippen LogP contribution in [0.2, 0.25) is 4.47 Å². The molecule has 0 rings (SSSR count). The van der Waals surface area contributed by atoms with E-state index in [2.05, 4.69) is 6.92 Å². The van der Waals surface area contributed by atoms with Crippen LogP contribution in [0.4, 0.5) is 0 Å². The Morgan fingerprint density at radius 1 is 1.14 bits per heavy atom. The van der Waals surface area contributed by atoms with Crippen molar-refractivity contribution in [1.29, 1.82) is 0 Å². The summed E-state index contributed by atoms with van der Waals surface area (Å²) in [6.45, 7) is 6.87. The summed E-state index contributed by atoms with van der Waals surface area (Å²) >= 11 is -0.181. The first kappa shape index (κ1) is 14.9. The van der Waals surface area contributed by atoms with Crippen molar-refractivity contribution in [2.24, 2.45) is 0 Å². The van der Waals surface area contributed by atoms with E-state index in [-0.39, 0.29) is 20.9 Å². The molecule has 0 aromatic heterocycles. The van der Waals surface area contributed by atoms with Crippen LogP contribution in [0.15, 0.2) is 0 Å². The third-order valence-corrected chi connectivity index (χ3v) is 9.26. The molecule has 14 heavy (non-hydrogen) atoms. The number of hydrogen-bond donors (Lipinski definition) is 0. The van der Waals surface area contributed by atoms with E-state index in [1.165, 1.54) is 17.3 Å². The van der Waals surface area contributed by atoms with Gasteiger partial charge in [-0.1, -0.05) is 0 Å². The molecule has 0 saturated carbocycles. The van der Waals surface area contributed by atoms with Crippen molar-refractivity contribution in [3.05, 3.63) is 0 Å².